The lowest BCUT2D eigenvalue weighted by atomic mass is 10.1. The molecule has 2 aromatic carbocycles. The first-order chi connectivity index (χ1) is 11.3. The fourth-order valence-electron chi connectivity index (χ4n) is 2.43. The lowest BCUT2D eigenvalue weighted by Gasteiger charge is -2.06. The number of rotatable bonds is 5. The Hall–Kier alpha value is -2.88. The van der Waals surface area contributed by atoms with Crippen molar-refractivity contribution < 1.29 is 0 Å². The minimum atomic E-state index is 0.467. The largest absolute Gasteiger partial charge is 0.370 e. The summed E-state index contributed by atoms with van der Waals surface area (Å²) in [5.74, 6) is 0.467. The van der Waals surface area contributed by atoms with Gasteiger partial charge >= 0.3 is 0 Å². The SMILES string of the molecule is NC(=NCc1ccc2ccccc2c1)NCCc1ccccn1. The van der Waals surface area contributed by atoms with Gasteiger partial charge in [-0.1, -0.05) is 42.5 Å². The average molecular weight is 304 g/mol. The van der Waals surface area contributed by atoms with E-state index in [4.69, 9.17) is 5.73 Å². The van der Waals surface area contributed by atoms with Crippen molar-refractivity contribution in [1.82, 2.24) is 10.3 Å². The molecule has 0 fully saturated rings. The second kappa shape index (κ2) is 7.40. The third-order valence-corrected chi connectivity index (χ3v) is 3.66. The Balaban J connectivity index is 1.53. The summed E-state index contributed by atoms with van der Waals surface area (Å²) in [5.41, 5.74) is 8.11. The molecule has 0 amide bonds. The molecule has 1 aromatic heterocycles. The van der Waals surface area contributed by atoms with Gasteiger partial charge in [-0.2, -0.15) is 0 Å². The average Bonchev–Trinajstić information content (AvgIpc) is 2.61. The molecular weight excluding hydrogens is 284 g/mol. The standard InChI is InChI=1S/C19H20N4/c20-19(22-12-10-18-7-3-4-11-21-18)23-14-15-8-9-16-5-1-2-6-17(16)13-15/h1-9,11,13H,10,12,14H2,(H3,20,22,23). The third kappa shape index (κ3) is 4.30. The number of aliphatic imine (C=N–C) groups is 1. The number of fused-ring (bicyclic) bond motifs is 1. The van der Waals surface area contributed by atoms with Crippen LogP contribution in [0.2, 0.25) is 0 Å². The van der Waals surface area contributed by atoms with Crippen LogP contribution in [0.5, 0.6) is 0 Å². The summed E-state index contributed by atoms with van der Waals surface area (Å²) in [4.78, 5) is 8.67. The molecule has 0 unspecified atom stereocenters. The van der Waals surface area contributed by atoms with Crippen molar-refractivity contribution in [2.75, 3.05) is 6.54 Å². The maximum Gasteiger partial charge on any atom is 0.188 e. The normalized spacial score (nSPS) is 11.6. The van der Waals surface area contributed by atoms with Crippen molar-refractivity contribution in [2.45, 2.75) is 13.0 Å². The fourth-order valence-corrected chi connectivity index (χ4v) is 2.43. The fraction of sp³-hybridized carbons (Fsp3) is 0.158. The van der Waals surface area contributed by atoms with Gasteiger partial charge in [0.05, 0.1) is 6.54 Å². The van der Waals surface area contributed by atoms with Gasteiger partial charge in [-0.15, -0.1) is 0 Å². The molecule has 0 atom stereocenters. The molecule has 0 bridgehead atoms. The number of nitrogens with two attached hydrogens (primary N) is 1. The van der Waals surface area contributed by atoms with Crippen LogP contribution in [-0.2, 0) is 13.0 Å². The van der Waals surface area contributed by atoms with Gasteiger partial charge in [0.25, 0.3) is 0 Å². The molecule has 3 N–H and O–H groups in total. The van der Waals surface area contributed by atoms with Gasteiger partial charge in [0.15, 0.2) is 5.96 Å². The number of guanidine groups is 1. The Morgan fingerprint density at radius 3 is 2.65 bits per heavy atom. The predicted octanol–water partition coefficient (Wildman–Crippen LogP) is 2.88. The summed E-state index contributed by atoms with van der Waals surface area (Å²) in [7, 11) is 0. The van der Waals surface area contributed by atoms with Crippen LogP contribution >= 0.6 is 0 Å². The minimum Gasteiger partial charge on any atom is -0.370 e. The van der Waals surface area contributed by atoms with E-state index in [1.807, 2.05) is 30.3 Å². The van der Waals surface area contributed by atoms with Crippen LogP contribution in [0.15, 0.2) is 71.9 Å². The van der Waals surface area contributed by atoms with E-state index in [-0.39, 0.29) is 0 Å². The highest BCUT2D eigenvalue weighted by Gasteiger charge is 1.97. The zero-order valence-electron chi connectivity index (χ0n) is 12.9. The van der Waals surface area contributed by atoms with E-state index in [0.717, 1.165) is 24.2 Å². The Kier molecular flexibility index (Phi) is 4.84. The zero-order chi connectivity index (χ0) is 15.9. The number of pyridine rings is 1. The summed E-state index contributed by atoms with van der Waals surface area (Å²) in [6, 6.07) is 20.6. The molecule has 0 aliphatic heterocycles. The van der Waals surface area contributed by atoms with E-state index in [0.29, 0.717) is 12.5 Å². The Morgan fingerprint density at radius 1 is 1.00 bits per heavy atom. The summed E-state index contributed by atoms with van der Waals surface area (Å²) in [5, 5.41) is 5.59. The second-order valence-corrected chi connectivity index (χ2v) is 5.38. The molecule has 23 heavy (non-hydrogen) atoms. The molecule has 116 valence electrons. The Morgan fingerprint density at radius 2 is 1.83 bits per heavy atom. The van der Waals surface area contributed by atoms with E-state index in [1.54, 1.807) is 6.20 Å². The number of hydrogen-bond donors (Lipinski definition) is 2. The van der Waals surface area contributed by atoms with Gasteiger partial charge in [0, 0.05) is 24.9 Å². The number of benzene rings is 2. The Bertz CT molecular complexity index is 797. The second-order valence-electron chi connectivity index (χ2n) is 5.38. The molecule has 1 heterocycles. The maximum atomic E-state index is 5.92. The number of nitrogens with one attached hydrogen (secondary N) is 1. The van der Waals surface area contributed by atoms with E-state index >= 15 is 0 Å². The van der Waals surface area contributed by atoms with Crippen molar-refractivity contribution in [3.63, 3.8) is 0 Å². The smallest absolute Gasteiger partial charge is 0.188 e. The predicted molar refractivity (Wildman–Crippen MR) is 95.2 cm³/mol. The highest BCUT2D eigenvalue weighted by molar-refractivity contribution is 5.83. The summed E-state index contributed by atoms with van der Waals surface area (Å²) in [6.07, 6.45) is 2.62. The maximum absolute atomic E-state index is 5.92. The summed E-state index contributed by atoms with van der Waals surface area (Å²) < 4.78 is 0. The van der Waals surface area contributed by atoms with E-state index < -0.39 is 0 Å². The van der Waals surface area contributed by atoms with Crippen LogP contribution in [0.25, 0.3) is 10.8 Å². The minimum absolute atomic E-state index is 0.467. The van der Waals surface area contributed by atoms with Gasteiger partial charge < -0.3 is 11.1 Å². The topological polar surface area (TPSA) is 63.3 Å². The summed E-state index contributed by atoms with van der Waals surface area (Å²) >= 11 is 0. The highest BCUT2D eigenvalue weighted by Crippen LogP contribution is 2.15. The number of hydrogen-bond acceptors (Lipinski definition) is 2. The van der Waals surface area contributed by atoms with Crippen LogP contribution in [0.1, 0.15) is 11.3 Å². The number of nitrogens with zero attached hydrogens (tertiary/aromatic N) is 2. The van der Waals surface area contributed by atoms with Gasteiger partial charge in [0.1, 0.15) is 0 Å². The van der Waals surface area contributed by atoms with Crippen molar-refractivity contribution in [3.05, 3.63) is 78.1 Å². The van der Waals surface area contributed by atoms with Crippen molar-refractivity contribution in [2.24, 2.45) is 10.7 Å². The first-order valence-corrected chi connectivity index (χ1v) is 7.73. The number of aromatic nitrogens is 1. The van der Waals surface area contributed by atoms with E-state index in [2.05, 4.69) is 45.6 Å². The van der Waals surface area contributed by atoms with Crippen LogP contribution in [0, 0.1) is 0 Å². The molecule has 0 spiro atoms. The third-order valence-electron chi connectivity index (χ3n) is 3.66. The quantitative estimate of drug-likeness (QED) is 0.563. The molecule has 4 nitrogen and oxygen atoms in total. The van der Waals surface area contributed by atoms with Crippen molar-refractivity contribution in [1.29, 1.82) is 0 Å². The first-order valence-electron chi connectivity index (χ1n) is 7.73. The van der Waals surface area contributed by atoms with E-state index in [1.165, 1.54) is 10.8 Å². The van der Waals surface area contributed by atoms with Crippen LogP contribution < -0.4 is 11.1 Å². The summed E-state index contributed by atoms with van der Waals surface area (Å²) in [6.45, 7) is 1.30. The first kappa shape index (κ1) is 15.0. The van der Waals surface area contributed by atoms with Gasteiger partial charge in [0.2, 0.25) is 0 Å². The monoisotopic (exact) mass is 304 g/mol. The molecule has 0 saturated carbocycles. The molecule has 0 radical (unpaired) electrons. The van der Waals surface area contributed by atoms with Crippen LogP contribution in [0.4, 0.5) is 0 Å². The van der Waals surface area contributed by atoms with Gasteiger partial charge in [-0.25, -0.2) is 4.99 Å². The lowest BCUT2D eigenvalue weighted by molar-refractivity contribution is 0.827. The molecular formula is C19H20N4. The molecule has 4 heteroatoms. The van der Waals surface area contributed by atoms with Crippen molar-refractivity contribution in [3.8, 4) is 0 Å². The molecule has 0 aliphatic rings. The lowest BCUT2D eigenvalue weighted by Crippen LogP contribution is -2.33. The Labute approximate surface area is 136 Å². The van der Waals surface area contributed by atoms with Gasteiger partial charge in [-0.05, 0) is 34.5 Å². The zero-order valence-corrected chi connectivity index (χ0v) is 12.9. The van der Waals surface area contributed by atoms with E-state index in [9.17, 15) is 0 Å². The van der Waals surface area contributed by atoms with Crippen molar-refractivity contribution >= 4 is 16.7 Å². The molecule has 3 aromatic rings. The van der Waals surface area contributed by atoms with Crippen LogP contribution in [0.3, 0.4) is 0 Å². The van der Waals surface area contributed by atoms with Crippen LogP contribution in [-0.4, -0.2) is 17.5 Å². The molecule has 0 aliphatic carbocycles. The highest BCUT2D eigenvalue weighted by atomic mass is 15.1. The molecule has 0 saturated heterocycles. The molecule has 3 rings (SSSR count). The van der Waals surface area contributed by atoms with Gasteiger partial charge in [-0.3, -0.25) is 4.98 Å².